The first-order chi connectivity index (χ1) is 12.7. The van der Waals surface area contributed by atoms with Gasteiger partial charge in [0.2, 0.25) is 5.91 Å². The summed E-state index contributed by atoms with van der Waals surface area (Å²) >= 11 is 1.58. The van der Waals surface area contributed by atoms with Gasteiger partial charge in [-0.15, -0.1) is 11.3 Å². The summed E-state index contributed by atoms with van der Waals surface area (Å²) in [6.07, 6.45) is 8.48. The first kappa shape index (κ1) is 18.6. The minimum atomic E-state index is -0.213. The van der Waals surface area contributed by atoms with Gasteiger partial charge in [-0.05, 0) is 36.4 Å². The van der Waals surface area contributed by atoms with Gasteiger partial charge in [-0.3, -0.25) is 14.6 Å². The molecule has 26 heavy (non-hydrogen) atoms. The standard InChI is InChI=1S/C20H25N3O2S/c24-19(22-16-8-3-1-2-4-9-16)15-23(14-17-10-7-13-26-17)20(25)18-11-5-6-12-21-18/h5-7,10-13,16H,1-4,8-9,14-15H2,(H,22,24). The smallest absolute Gasteiger partial charge is 0.273 e. The number of nitrogens with one attached hydrogen (secondary N) is 1. The number of carbonyl (C=O) groups excluding carboxylic acids is 2. The van der Waals surface area contributed by atoms with Crippen LogP contribution in [0.25, 0.3) is 0 Å². The third kappa shape index (κ3) is 5.39. The summed E-state index contributed by atoms with van der Waals surface area (Å²) in [6.45, 7) is 0.481. The molecule has 0 saturated heterocycles. The van der Waals surface area contributed by atoms with Gasteiger partial charge in [-0.25, -0.2) is 0 Å². The van der Waals surface area contributed by atoms with Crippen LogP contribution in [0.3, 0.4) is 0 Å². The number of rotatable bonds is 6. The van der Waals surface area contributed by atoms with Gasteiger partial charge in [-0.2, -0.15) is 0 Å². The second kappa shape index (κ2) is 9.48. The molecule has 0 bridgehead atoms. The molecule has 0 atom stereocenters. The molecule has 6 heteroatoms. The van der Waals surface area contributed by atoms with E-state index in [2.05, 4.69) is 10.3 Å². The van der Waals surface area contributed by atoms with E-state index in [0.29, 0.717) is 12.2 Å². The maximum absolute atomic E-state index is 12.8. The largest absolute Gasteiger partial charge is 0.352 e. The Kier molecular flexibility index (Phi) is 6.77. The predicted octanol–water partition coefficient (Wildman–Crippen LogP) is 3.62. The average molecular weight is 372 g/mol. The van der Waals surface area contributed by atoms with Gasteiger partial charge >= 0.3 is 0 Å². The zero-order chi connectivity index (χ0) is 18.2. The lowest BCUT2D eigenvalue weighted by Crippen LogP contribution is -2.44. The molecular formula is C20H25N3O2S. The number of nitrogens with zero attached hydrogens (tertiary/aromatic N) is 2. The molecule has 0 spiro atoms. The van der Waals surface area contributed by atoms with Crippen molar-refractivity contribution < 1.29 is 9.59 Å². The highest BCUT2D eigenvalue weighted by Gasteiger charge is 2.22. The van der Waals surface area contributed by atoms with Crippen LogP contribution in [-0.2, 0) is 11.3 Å². The number of aromatic nitrogens is 1. The molecule has 1 saturated carbocycles. The molecule has 0 aliphatic heterocycles. The second-order valence-corrected chi connectivity index (χ2v) is 7.74. The number of hydrogen-bond donors (Lipinski definition) is 1. The van der Waals surface area contributed by atoms with E-state index >= 15 is 0 Å². The highest BCUT2D eigenvalue weighted by molar-refractivity contribution is 7.09. The van der Waals surface area contributed by atoms with Crippen molar-refractivity contribution in [1.82, 2.24) is 15.2 Å². The van der Waals surface area contributed by atoms with Gasteiger partial charge in [0.15, 0.2) is 0 Å². The Morgan fingerprint density at radius 2 is 1.92 bits per heavy atom. The van der Waals surface area contributed by atoms with Crippen molar-refractivity contribution in [3.05, 3.63) is 52.5 Å². The van der Waals surface area contributed by atoms with Crippen molar-refractivity contribution in [2.24, 2.45) is 0 Å². The lowest BCUT2D eigenvalue weighted by atomic mass is 10.1. The van der Waals surface area contributed by atoms with Crippen molar-refractivity contribution in [1.29, 1.82) is 0 Å². The van der Waals surface area contributed by atoms with Crippen LogP contribution in [0.2, 0.25) is 0 Å². The van der Waals surface area contributed by atoms with Crippen LogP contribution < -0.4 is 5.32 Å². The predicted molar refractivity (Wildman–Crippen MR) is 103 cm³/mol. The van der Waals surface area contributed by atoms with E-state index in [9.17, 15) is 9.59 Å². The molecule has 1 aliphatic carbocycles. The lowest BCUT2D eigenvalue weighted by Gasteiger charge is -2.23. The minimum Gasteiger partial charge on any atom is -0.352 e. The van der Waals surface area contributed by atoms with E-state index in [1.54, 1.807) is 40.6 Å². The first-order valence-electron chi connectivity index (χ1n) is 9.24. The summed E-state index contributed by atoms with van der Waals surface area (Å²) < 4.78 is 0. The number of hydrogen-bond acceptors (Lipinski definition) is 4. The highest BCUT2D eigenvalue weighted by Crippen LogP contribution is 2.18. The van der Waals surface area contributed by atoms with Crippen molar-refractivity contribution in [3.63, 3.8) is 0 Å². The third-order valence-electron chi connectivity index (χ3n) is 4.65. The zero-order valence-corrected chi connectivity index (χ0v) is 15.7. The molecule has 2 aromatic heterocycles. The normalized spacial score (nSPS) is 15.2. The van der Waals surface area contributed by atoms with Crippen molar-refractivity contribution in [3.8, 4) is 0 Å². The lowest BCUT2D eigenvalue weighted by molar-refractivity contribution is -0.122. The topological polar surface area (TPSA) is 62.3 Å². The fraction of sp³-hybridized carbons (Fsp3) is 0.450. The molecule has 2 heterocycles. The third-order valence-corrected chi connectivity index (χ3v) is 5.51. The first-order valence-corrected chi connectivity index (χ1v) is 10.1. The maximum atomic E-state index is 12.8. The monoisotopic (exact) mass is 371 g/mol. The highest BCUT2D eigenvalue weighted by atomic mass is 32.1. The summed E-state index contributed by atoms with van der Waals surface area (Å²) in [7, 11) is 0. The van der Waals surface area contributed by atoms with Gasteiger partial charge in [0.1, 0.15) is 12.2 Å². The quantitative estimate of drug-likeness (QED) is 0.789. The molecule has 3 rings (SSSR count). The number of thiophene rings is 1. The van der Waals surface area contributed by atoms with Crippen molar-refractivity contribution in [2.45, 2.75) is 51.1 Å². The van der Waals surface area contributed by atoms with Gasteiger partial charge in [0.05, 0.1) is 6.54 Å². The minimum absolute atomic E-state index is 0.0593. The molecule has 0 aromatic carbocycles. The Balaban J connectivity index is 1.66. The Morgan fingerprint density at radius 3 is 2.58 bits per heavy atom. The van der Waals surface area contributed by atoms with Crippen LogP contribution >= 0.6 is 11.3 Å². The Hall–Kier alpha value is -2.21. The molecule has 1 fully saturated rings. The van der Waals surface area contributed by atoms with E-state index in [4.69, 9.17) is 0 Å². The van der Waals surface area contributed by atoms with Crippen LogP contribution in [0.4, 0.5) is 0 Å². The average Bonchev–Trinajstić information content (AvgIpc) is 3.04. The fourth-order valence-corrected chi connectivity index (χ4v) is 4.03. The summed E-state index contributed by atoms with van der Waals surface area (Å²) in [5.41, 5.74) is 0.367. The zero-order valence-electron chi connectivity index (χ0n) is 14.9. The number of carbonyl (C=O) groups is 2. The molecule has 138 valence electrons. The van der Waals surface area contributed by atoms with Crippen LogP contribution in [0.15, 0.2) is 41.9 Å². The van der Waals surface area contributed by atoms with Crippen molar-refractivity contribution in [2.75, 3.05) is 6.54 Å². The molecule has 2 aromatic rings. The summed E-state index contributed by atoms with van der Waals surface area (Å²) in [5, 5.41) is 5.10. The molecule has 1 N–H and O–H groups in total. The Bertz CT molecular complexity index is 695. The van der Waals surface area contributed by atoms with Gasteiger partial charge in [0, 0.05) is 17.1 Å². The Labute approximate surface area is 158 Å². The van der Waals surface area contributed by atoms with E-state index < -0.39 is 0 Å². The molecule has 2 amide bonds. The number of pyridine rings is 1. The van der Waals surface area contributed by atoms with E-state index in [1.165, 1.54) is 12.8 Å². The van der Waals surface area contributed by atoms with E-state index in [-0.39, 0.29) is 24.4 Å². The fourth-order valence-electron chi connectivity index (χ4n) is 3.31. The Morgan fingerprint density at radius 1 is 1.12 bits per heavy atom. The van der Waals surface area contributed by atoms with Gasteiger partial charge in [-0.1, -0.05) is 37.8 Å². The molecule has 0 radical (unpaired) electrons. The van der Waals surface area contributed by atoms with E-state index in [0.717, 1.165) is 30.6 Å². The summed E-state index contributed by atoms with van der Waals surface area (Å²) in [4.78, 5) is 32.2. The van der Waals surface area contributed by atoms with Crippen LogP contribution in [-0.4, -0.2) is 34.3 Å². The van der Waals surface area contributed by atoms with Gasteiger partial charge in [0.25, 0.3) is 5.91 Å². The summed E-state index contributed by atoms with van der Waals surface area (Å²) in [6, 6.07) is 9.42. The molecule has 1 aliphatic rings. The number of amides is 2. The molecule has 0 unspecified atom stereocenters. The maximum Gasteiger partial charge on any atom is 0.273 e. The van der Waals surface area contributed by atoms with Crippen LogP contribution in [0, 0.1) is 0 Å². The van der Waals surface area contributed by atoms with Crippen molar-refractivity contribution >= 4 is 23.2 Å². The second-order valence-electron chi connectivity index (χ2n) is 6.71. The molecule has 5 nitrogen and oxygen atoms in total. The summed E-state index contributed by atoms with van der Waals surface area (Å²) in [5.74, 6) is -0.298. The van der Waals surface area contributed by atoms with Gasteiger partial charge < -0.3 is 10.2 Å². The van der Waals surface area contributed by atoms with Crippen LogP contribution in [0.1, 0.15) is 53.9 Å². The van der Waals surface area contributed by atoms with Crippen LogP contribution in [0.5, 0.6) is 0 Å². The molecular weight excluding hydrogens is 346 g/mol. The van der Waals surface area contributed by atoms with E-state index in [1.807, 2.05) is 17.5 Å². The SMILES string of the molecule is O=C(CN(Cc1cccs1)C(=O)c1ccccn1)NC1CCCCCC1.